The Morgan fingerprint density at radius 2 is 1.73 bits per heavy atom. The topological polar surface area (TPSA) is 62.6 Å². The van der Waals surface area contributed by atoms with Crippen molar-refractivity contribution in [2.75, 3.05) is 39.6 Å². The fourth-order valence-electron chi connectivity index (χ4n) is 3.52. The van der Waals surface area contributed by atoms with Gasteiger partial charge in [-0.25, -0.2) is 9.97 Å². The number of halogens is 2. The molecule has 0 radical (unpaired) electrons. The Balaban J connectivity index is 1.85. The third-order valence-corrected chi connectivity index (χ3v) is 5.65. The summed E-state index contributed by atoms with van der Waals surface area (Å²) in [6.07, 6.45) is 0.936. The number of pyridine rings is 2. The highest BCUT2D eigenvalue weighted by Gasteiger charge is 2.15. The van der Waals surface area contributed by atoms with Crippen LogP contribution in [0, 0.1) is 0 Å². The van der Waals surface area contributed by atoms with Gasteiger partial charge in [0.05, 0.1) is 23.8 Å². The summed E-state index contributed by atoms with van der Waals surface area (Å²) in [4.78, 5) is 16.5. The number of nitrogens with zero attached hydrogens (tertiary/aromatic N) is 4. The van der Waals surface area contributed by atoms with Crippen LogP contribution in [0.5, 0.6) is 5.88 Å². The molecule has 0 spiro atoms. The first-order valence-corrected chi connectivity index (χ1v) is 11.4. The second-order valence-corrected chi connectivity index (χ2v) is 8.76. The monoisotopic (exact) mass is 481 g/mol. The van der Waals surface area contributed by atoms with Gasteiger partial charge in [0.25, 0.3) is 0 Å². The van der Waals surface area contributed by atoms with Crippen molar-refractivity contribution in [1.29, 1.82) is 0 Å². The molecule has 33 heavy (non-hydrogen) atoms. The molecule has 0 aliphatic heterocycles. The van der Waals surface area contributed by atoms with Crippen molar-refractivity contribution >= 4 is 56.7 Å². The highest BCUT2D eigenvalue weighted by Crippen LogP contribution is 2.32. The molecule has 0 unspecified atom stereocenters. The molecule has 0 atom stereocenters. The minimum Gasteiger partial charge on any atom is -0.481 e. The third kappa shape index (κ3) is 5.53. The number of aliphatic imine (C=N–C) groups is 1. The van der Waals surface area contributed by atoms with Gasteiger partial charge in [0.1, 0.15) is 11.4 Å². The molecule has 2 aromatic carbocycles. The molecule has 0 saturated heterocycles. The van der Waals surface area contributed by atoms with Gasteiger partial charge in [0.2, 0.25) is 5.88 Å². The van der Waals surface area contributed by atoms with Crippen molar-refractivity contribution in [3.8, 4) is 5.88 Å². The minimum atomic E-state index is 0.511. The van der Waals surface area contributed by atoms with Crippen molar-refractivity contribution in [1.82, 2.24) is 14.9 Å². The average molecular weight is 482 g/mol. The number of hydrogen-bond acceptors (Lipinski definition) is 5. The van der Waals surface area contributed by atoms with E-state index in [0.29, 0.717) is 28.0 Å². The van der Waals surface area contributed by atoms with Crippen LogP contribution >= 0.6 is 23.2 Å². The largest absolute Gasteiger partial charge is 0.481 e. The van der Waals surface area contributed by atoms with Crippen molar-refractivity contribution < 1.29 is 4.74 Å². The lowest BCUT2D eigenvalue weighted by molar-refractivity contribution is 0.399. The van der Waals surface area contributed by atoms with Gasteiger partial charge < -0.3 is 15.0 Å². The van der Waals surface area contributed by atoms with Crippen molar-refractivity contribution in [2.45, 2.75) is 6.42 Å². The Kier molecular flexibility index (Phi) is 7.28. The number of aromatic nitrogens is 2. The standard InChI is InChI=1S/C25H25Cl2N5O/c1-32(2)14-4-13-28-25(16-5-7-17(26)8-6-16)31-23-19-10-9-18(27)15-21(19)29-20-11-12-22(33-3)30-24(20)23/h5-12,15H,4,13-14H2,1-3H3,(H,28,29,31). The molecule has 1 N–H and O–H groups in total. The van der Waals surface area contributed by atoms with Crippen LogP contribution in [-0.4, -0.2) is 55.0 Å². The predicted octanol–water partition coefficient (Wildman–Crippen LogP) is 5.91. The van der Waals surface area contributed by atoms with Crippen molar-refractivity contribution in [3.05, 3.63) is 70.2 Å². The lowest BCUT2D eigenvalue weighted by atomic mass is 10.1. The Hall–Kier alpha value is -2.93. The summed E-state index contributed by atoms with van der Waals surface area (Å²) in [6.45, 7) is 1.63. The highest BCUT2D eigenvalue weighted by atomic mass is 35.5. The summed E-state index contributed by atoms with van der Waals surface area (Å²) in [6, 6.07) is 17.0. The zero-order valence-electron chi connectivity index (χ0n) is 18.8. The quantitative estimate of drug-likeness (QED) is 0.154. The van der Waals surface area contributed by atoms with E-state index in [1.807, 2.05) is 48.5 Å². The number of nitrogens with one attached hydrogen (secondary N) is 1. The van der Waals surface area contributed by atoms with E-state index in [4.69, 9.17) is 37.9 Å². The van der Waals surface area contributed by atoms with Gasteiger partial charge >= 0.3 is 0 Å². The number of anilines is 1. The Labute approximate surface area is 203 Å². The summed E-state index contributed by atoms with van der Waals surface area (Å²) in [7, 11) is 5.71. The van der Waals surface area contributed by atoms with Gasteiger partial charge in [0, 0.05) is 33.6 Å². The summed E-state index contributed by atoms with van der Waals surface area (Å²) in [5.41, 5.74) is 3.92. The summed E-state index contributed by atoms with van der Waals surface area (Å²) < 4.78 is 5.38. The Morgan fingerprint density at radius 1 is 0.970 bits per heavy atom. The summed E-state index contributed by atoms with van der Waals surface area (Å²) in [5, 5.41) is 5.74. The predicted molar refractivity (Wildman–Crippen MR) is 138 cm³/mol. The Morgan fingerprint density at radius 3 is 2.45 bits per heavy atom. The molecule has 0 aliphatic carbocycles. The average Bonchev–Trinajstić information content (AvgIpc) is 2.80. The van der Waals surface area contributed by atoms with Crippen LogP contribution in [0.15, 0.2) is 59.6 Å². The molecule has 2 aromatic heterocycles. The number of fused-ring (bicyclic) bond motifs is 2. The van der Waals surface area contributed by atoms with Gasteiger partial charge in [-0.05, 0) is 75.6 Å². The lowest BCUT2D eigenvalue weighted by Gasteiger charge is -2.16. The molecule has 0 saturated carbocycles. The number of methoxy groups -OCH3 is 1. The minimum absolute atomic E-state index is 0.511. The molecule has 2 heterocycles. The van der Waals surface area contributed by atoms with E-state index in [2.05, 4.69) is 29.3 Å². The molecule has 0 amide bonds. The van der Waals surface area contributed by atoms with Crippen LogP contribution < -0.4 is 10.1 Å². The third-order valence-electron chi connectivity index (χ3n) is 5.16. The van der Waals surface area contributed by atoms with E-state index in [1.165, 1.54) is 0 Å². The van der Waals surface area contributed by atoms with Crippen LogP contribution in [0.4, 0.5) is 5.69 Å². The van der Waals surface area contributed by atoms with E-state index >= 15 is 0 Å². The molecule has 0 aliphatic rings. The number of amidine groups is 1. The molecule has 4 aromatic rings. The maximum atomic E-state index is 6.26. The van der Waals surface area contributed by atoms with Crippen molar-refractivity contribution in [3.63, 3.8) is 0 Å². The maximum absolute atomic E-state index is 6.26. The molecule has 4 rings (SSSR count). The zero-order chi connectivity index (χ0) is 23.4. The normalized spacial score (nSPS) is 12.0. The van der Waals surface area contributed by atoms with Crippen LogP contribution in [0.1, 0.15) is 12.0 Å². The summed E-state index contributed by atoms with van der Waals surface area (Å²) >= 11 is 12.4. The molecule has 0 bridgehead atoms. The first-order chi connectivity index (χ1) is 15.9. The van der Waals surface area contributed by atoms with Crippen LogP contribution in [0.25, 0.3) is 21.9 Å². The van der Waals surface area contributed by atoms with E-state index < -0.39 is 0 Å². The van der Waals surface area contributed by atoms with Gasteiger partial charge in [-0.3, -0.25) is 4.99 Å². The van der Waals surface area contributed by atoms with Crippen LogP contribution in [-0.2, 0) is 0 Å². The molecular weight excluding hydrogens is 457 g/mol. The lowest BCUT2D eigenvalue weighted by Crippen LogP contribution is -2.17. The fraction of sp³-hybridized carbons (Fsp3) is 0.240. The van der Waals surface area contributed by atoms with E-state index in [0.717, 1.165) is 46.5 Å². The van der Waals surface area contributed by atoms with E-state index in [9.17, 15) is 0 Å². The highest BCUT2D eigenvalue weighted by molar-refractivity contribution is 6.32. The molecular formula is C25H25Cl2N5O. The maximum Gasteiger partial charge on any atom is 0.213 e. The molecule has 170 valence electrons. The van der Waals surface area contributed by atoms with E-state index in [1.54, 1.807) is 13.2 Å². The first kappa shape index (κ1) is 23.2. The molecule has 8 heteroatoms. The first-order valence-electron chi connectivity index (χ1n) is 10.6. The van der Waals surface area contributed by atoms with E-state index in [-0.39, 0.29) is 0 Å². The van der Waals surface area contributed by atoms with Gasteiger partial charge in [-0.15, -0.1) is 0 Å². The number of rotatable bonds is 7. The van der Waals surface area contributed by atoms with Crippen molar-refractivity contribution in [2.24, 2.45) is 4.99 Å². The van der Waals surface area contributed by atoms with Crippen LogP contribution in [0.3, 0.4) is 0 Å². The second kappa shape index (κ2) is 10.3. The SMILES string of the molecule is COc1ccc2nc3cc(Cl)ccc3c(NC(=NCCCN(C)C)c3ccc(Cl)cc3)c2n1. The zero-order valence-corrected chi connectivity index (χ0v) is 20.3. The fourth-order valence-corrected chi connectivity index (χ4v) is 3.81. The number of ether oxygens (including phenoxy) is 1. The summed E-state index contributed by atoms with van der Waals surface area (Å²) in [5.74, 6) is 1.25. The number of benzene rings is 2. The number of hydrogen-bond donors (Lipinski definition) is 1. The van der Waals surface area contributed by atoms with Gasteiger partial charge in [0.15, 0.2) is 0 Å². The van der Waals surface area contributed by atoms with Crippen LogP contribution in [0.2, 0.25) is 10.0 Å². The van der Waals surface area contributed by atoms with Gasteiger partial charge in [-0.2, -0.15) is 0 Å². The smallest absolute Gasteiger partial charge is 0.213 e. The second-order valence-electron chi connectivity index (χ2n) is 7.89. The molecule has 6 nitrogen and oxygen atoms in total. The Bertz CT molecular complexity index is 1310. The molecule has 0 fully saturated rings. The van der Waals surface area contributed by atoms with Gasteiger partial charge in [-0.1, -0.05) is 23.2 Å².